The van der Waals surface area contributed by atoms with Crippen molar-refractivity contribution in [1.29, 1.82) is 0 Å². The fourth-order valence-corrected chi connectivity index (χ4v) is 10.2. The molecule has 2 aromatic carbocycles. The number of hydrogen-bond acceptors (Lipinski definition) is 1. The molecule has 2 aromatic rings. The molecule has 210 valence electrons. The predicted molar refractivity (Wildman–Crippen MR) is 146 cm³/mol. The van der Waals surface area contributed by atoms with Crippen molar-refractivity contribution in [3.05, 3.63) is 53.6 Å². The van der Waals surface area contributed by atoms with Crippen molar-refractivity contribution >= 4 is 8.80 Å². The third kappa shape index (κ3) is 8.30. The average Bonchev–Trinajstić information content (AvgIpc) is 2.90. The minimum Gasteiger partial charge on any atom is -0.399 e. The van der Waals surface area contributed by atoms with E-state index in [9.17, 15) is 22.0 Å². The third-order valence-electron chi connectivity index (χ3n) is 8.94. The molecular formula is C31H41F5OSi. The summed E-state index contributed by atoms with van der Waals surface area (Å²) in [4.78, 5) is 0. The Balaban J connectivity index is 1.22. The smallest absolute Gasteiger partial charge is 0.399 e. The maximum absolute atomic E-state index is 14.1. The van der Waals surface area contributed by atoms with Crippen molar-refractivity contribution in [2.24, 2.45) is 11.8 Å². The van der Waals surface area contributed by atoms with Crippen LogP contribution < -0.4 is 4.74 Å². The lowest BCUT2D eigenvalue weighted by molar-refractivity contribution is -0.276. The average molecular weight is 553 g/mol. The maximum Gasteiger partial charge on any atom is 0.573 e. The van der Waals surface area contributed by atoms with Crippen LogP contribution in [0.15, 0.2) is 36.4 Å². The van der Waals surface area contributed by atoms with Crippen LogP contribution in [-0.4, -0.2) is 15.2 Å². The SMILES string of the molecule is CCCCC[C@H]1CC[C@H](CC[Si@H]2CC[C@H](c3ccc(-c4cc(F)c(OC(F)(F)F)c(F)c4)cc3)CC2)CC1. The van der Waals surface area contributed by atoms with Crippen LogP contribution >= 0.6 is 0 Å². The van der Waals surface area contributed by atoms with E-state index in [1.807, 2.05) is 12.1 Å². The Labute approximate surface area is 225 Å². The van der Waals surface area contributed by atoms with Gasteiger partial charge in [-0.15, -0.1) is 13.2 Å². The first-order valence-corrected chi connectivity index (χ1v) is 17.0. The zero-order chi connectivity index (χ0) is 27.1. The zero-order valence-corrected chi connectivity index (χ0v) is 23.6. The largest absolute Gasteiger partial charge is 0.573 e. The van der Waals surface area contributed by atoms with E-state index in [0.717, 1.165) is 24.0 Å². The van der Waals surface area contributed by atoms with E-state index in [1.165, 1.54) is 94.3 Å². The highest BCUT2D eigenvalue weighted by Crippen LogP contribution is 2.39. The summed E-state index contributed by atoms with van der Waals surface area (Å²) in [5.74, 6) is -1.71. The van der Waals surface area contributed by atoms with Gasteiger partial charge >= 0.3 is 6.36 Å². The zero-order valence-electron chi connectivity index (χ0n) is 22.5. The van der Waals surface area contributed by atoms with Gasteiger partial charge in [-0.25, -0.2) is 8.78 Å². The van der Waals surface area contributed by atoms with Gasteiger partial charge in [-0.2, -0.15) is 0 Å². The van der Waals surface area contributed by atoms with Gasteiger partial charge in [0.15, 0.2) is 11.6 Å². The minimum atomic E-state index is -5.15. The molecule has 0 radical (unpaired) electrons. The van der Waals surface area contributed by atoms with Gasteiger partial charge in [-0.05, 0) is 59.4 Å². The molecule has 4 rings (SSSR count). The summed E-state index contributed by atoms with van der Waals surface area (Å²) in [6.07, 6.45) is 10.1. The summed E-state index contributed by atoms with van der Waals surface area (Å²) in [7, 11) is -0.664. The van der Waals surface area contributed by atoms with Gasteiger partial charge in [0.05, 0.1) is 0 Å². The maximum atomic E-state index is 14.1. The molecule has 0 aromatic heterocycles. The minimum absolute atomic E-state index is 0.187. The molecule has 2 aliphatic rings. The normalized spacial score (nSPS) is 24.4. The van der Waals surface area contributed by atoms with Gasteiger partial charge in [0.25, 0.3) is 0 Å². The first-order chi connectivity index (χ1) is 18.2. The van der Waals surface area contributed by atoms with Crippen molar-refractivity contribution in [2.45, 2.75) is 108 Å². The molecule has 38 heavy (non-hydrogen) atoms. The molecule has 0 unspecified atom stereocenters. The van der Waals surface area contributed by atoms with Gasteiger partial charge in [0, 0.05) is 8.80 Å². The van der Waals surface area contributed by atoms with Gasteiger partial charge in [-0.1, -0.05) is 107 Å². The highest BCUT2D eigenvalue weighted by molar-refractivity contribution is 6.59. The summed E-state index contributed by atoms with van der Waals surface area (Å²) >= 11 is 0. The molecule has 1 heterocycles. The molecule has 1 aliphatic carbocycles. The fraction of sp³-hybridized carbons (Fsp3) is 0.613. The lowest BCUT2D eigenvalue weighted by Crippen LogP contribution is -2.22. The van der Waals surface area contributed by atoms with Crippen LogP contribution in [0.2, 0.25) is 18.1 Å². The Bertz CT molecular complexity index is 983. The molecule has 7 heteroatoms. The number of hydrogen-bond donors (Lipinski definition) is 0. The standard InChI is InChI=1S/C31H41F5OSi/c1-2-3-4-5-22-6-8-23(9-7-22)14-17-38-18-15-26(16-19-38)24-10-12-25(13-11-24)27-20-28(32)30(29(33)21-27)37-31(34,35)36/h10-13,20-23,26,38H,2-9,14-19H2,1H3/t22-,23-,26-,38-. The second-order valence-corrected chi connectivity index (χ2v) is 15.1. The van der Waals surface area contributed by atoms with E-state index in [4.69, 9.17) is 0 Å². The molecule has 0 amide bonds. The highest BCUT2D eigenvalue weighted by Gasteiger charge is 2.34. The highest BCUT2D eigenvalue weighted by atomic mass is 28.3. The molecule has 0 N–H and O–H groups in total. The van der Waals surface area contributed by atoms with Gasteiger partial charge in [0.1, 0.15) is 0 Å². The van der Waals surface area contributed by atoms with E-state index >= 15 is 0 Å². The molecule has 0 bridgehead atoms. The van der Waals surface area contributed by atoms with Gasteiger partial charge in [0.2, 0.25) is 5.75 Å². The Morgan fingerprint density at radius 2 is 1.37 bits per heavy atom. The van der Waals surface area contributed by atoms with E-state index in [1.54, 1.807) is 12.1 Å². The van der Waals surface area contributed by atoms with Crippen LogP contribution in [-0.2, 0) is 0 Å². The van der Waals surface area contributed by atoms with Crippen molar-refractivity contribution in [2.75, 3.05) is 0 Å². The molecular weight excluding hydrogens is 511 g/mol. The lowest BCUT2D eigenvalue weighted by Gasteiger charge is -2.31. The molecule has 1 saturated heterocycles. The van der Waals surface area contributed by atoms with E-state index < -0.39 is 32.5 Å². The Kier molecular flexibility index (Phi) is 10.3. The third-order valence-corrected chi connectivity index (χ3v) is 12.4. The number of ether oxygens (including phenoxy) is 1. The molecule has 1 saturated carbocycles. The van der Waals surface area contributed by atoms with Crippen LogP contribution in [0.5, 0.6) is 5.75 Å². The second-order valence-electron chi connectivity index (χ2n) is 11.6. The van der Waals surface area contributed by atoms with Crippen molar-refractivity contribution in [3.63, 3.8) is 0 Å². The predicted octanol–water partition coefficient (Wildman–Crippen LogP) is 10.4. The van der Waals surface area contributed by atoms with Crippen LogP contribution in [0.3, 0.4) is 0 Å². The van der Waals surface area contributed by atoms with E-state index in [-0.39, 0.29) is 5.56 Å². The van der Waals surface area contributed by atoms with Crippen molar-refractivity contribution in [3.8, 4) is 16.9 Å². The van der Waals surface area contributed by atoms with E-state index in [2.05, 4.69) is 11.7 Å². The molecule has 0 spiro atoms. The van der Waals surface area contributed by atoms with Crippen molar-refractivity contribution < 1.29 is 26.7 Å². The van der Waals surface area contributed by atoms with Gasteiger partial charge in [-0.3, -0.25) is 0 Å². The summed E-state index contributed by atoms with van der Waals surface area (Å²) in [6.45, 7) is 2.28. The first-order valence-electron chi connectivity index (χ1n) is 14.6. The summed E-state index contributed by atoms with van der Waals surface area (Å²) in [5, 5.41) is 0. The Morgan fingerprint density at radius 3 is 1.92 bits per heavy atom. The van der Waals surface area contributed by atoms with Crippen molar-refractivity contribution in [1.82, 2.24) is 0 Å². The Hall–Kier alpha value is -1.89. The number of unbranched alkanes of at least 4 members (excludes halogenated alkanes) is 2. The monoisotopic (exact) mass is 552 g/mol. The molecule has 0 atom stereocenters. The fourth-order valence-electron chi connectivity index (χ4n) is 6.64. The molecule has 1 nitrogen and oxygen atoms in total. The van der Waals surface area contributed by atoms with E-state index in [0.29, 0.717) is 11.5 Å². The quantitative estimate of drug-likeness (QED) is 0.162. The molecule has 2 fully saturated rings. The first kappa shape index (κ1) is 29.1. The number of halogens is 5. The van der Waals surface area contributed by atoms with Crippen LogP contribution in [0.1, 0.15) is 89.0 Å². The van der Waals surface area contributed by atoms with Crippen LogP contribution in [0.4, 0.5) is 22.0 Å². The molecule has 1 aliphatic heterocycles. The Morgan fingerprint density at radius 1 is 0.789 bits per heavy atom. The summed E-state index contributed by atoms with van der Waals surface area (Å²) in [6, 6.07) is 13.6. The second kappa shape index (κ2) is 13.4. The lowest BCUT2D eigenvalue weighted by atomic mass is 9.79. The summed E-state index contributed by atoms with van der Waals surface area (Å²) in [5.41, 5.74) is 1.99. The number of alkyl halides is 3. The topological polar surface area (TPSA) is 9.23 Å². The van der Waals surface area contributed by atoms with Crippen LogP contribution in [0.25, 0.3) is 11.1 Å². The number of benzene rings is 2. The van der Waals surface area contributed by atoms with Crippen LogP contribution in [0, 0.1) is 23.5 Å². The van der Waals surface area contributed by atoms with Gasteiger partial charge < -0.3 is 4.74 Å². The summed E-state index contributed by atoms with van der Waals surface area (Å²) < 4.78 is 68.9. The number of rotatable bonds is 10.